The largest absolute Gasteiger partial charge is 0.504 e. The number of phenols is 1. The number of guanidine groups is 2. The summed E-state index contributed by atoms with van der Waals surface area (Å²) >= 11 is 3.01. The van der Waals surface area contributed by atoms with Gasteiger partial charge in [0, 0.05) is 0 Å². The van der Waals surface area contributed by atoms with Gasteiger partial charge in [-0.3, -0.25) is 0 Å². The minimum Gasteiger partial charge on any atom is -0.504 e. The maximum Gasteiger partial charge on any atom is 0.224 e. The summed E-state index contributed by atoms with van der Waals surface area (Å²) in [6, 6.07) is 2.45. The van der Waals surface area contributed by atoms with E-state index in [4.69, 9.17) is 17.2 Å². The molecule has 0 atom stereocenters. The third-order valence-corrected chi connectivity index (χ3v) is 2.16. The van der Waals surface area contributed by atoms with Gasteiger partial charge < -0.3 is 22.3 Å². The van der Waals surface area contributed by atoms with E-state index >= 15 is 0 Å². The Morgan fingerprint density at radius 2 is 1.94 bits per heavy atom. The van der Waals surface area contributed by atoms with Crippen LogP contribution in [0.1, 0.15) is 0 Å². The molecule has 0 spiro atoms. The molecule has 1 aromatic carbocycles. The number of benzene rings is 1. The molecule has 0 saturated heterocycles. The molecule has 0 aliphatic rings. The maximum atomic E-state index is 13.3. The molecular formula is C8H9BrFN5O. The molecule has 1 rings (SSSR count). The molecular weight excluding hydrogens is 281 g/mol. The Labute approximate surface area is 98.8 Å². The summed E-state index contributed by atoms with van der Waals surface area (Å²) in [5.41, 5.74) is 15.1. The van der Waals surface area contributed by atoms with Crippen LogP contribution in [0, 0.1) is 5.82 Å². The van der Waals surface area contributed by atoms with Crippen LogP contribution >= 0.6 is 15.9 Å². The Hall–Kier alpha value is -1.83. The van der Waals surface area contributed by atoms with Gasteiger partial charge in [-0.15, -0.1) is 0 Å². The third kappa shape index (κ3) is 2.83. The van der Waals surface area contributed by atoms with Gasteiger partial charge in [-0.2, -0.15) is 4.99 Å². The normalized spacial score (nSPS) is 11.2. The SMILES string of the molecule is NC(N)=NC(N)=Nc1c(F)ccc(Br)c1O. The van der Waals surface area contributed by atoms with Crippen LogP contribution in [0.5, 0.6) is 5.75 Å². The maximum absolute atomic E-state index is 13.3. The van der Waals surface area contributed by atoms with Crippen LogP contribution in [0.3, 0.4) is 0 Å². The van der Waals surface area contributed by atoms with Crippen LogP contribution in [0.4, 0.5) is 10.1 Å². The fourth-order valence-electron chi connectivity index (χ4n) is 0.909. The zero-order valence-electron chi connectivity index (χ0n) is 7.98. The molecule has 0 radical (unpaired) electrons. The highest BCUT2D eigenvalue weighted by Gasteiger charge is 2.11. The van der Waals surface area contributed by atoms with Gasteiger partial charge in [-0.25, -0.2) is 9.38 Å². The summed E-state index contributed by atoms with van der Waals surface area (Å²) in [6.45, 7) is 0. The highest BCUT2D eigenvalue weighted by atomic mass is 79.9. The van der Waals surface area contributed by atoms with Gasteiger partial charge in [0.2, 0.25) is 5.96 Å². The van der Waals surface area contributed by atoms with Gasteiger partial charge in [0.1, 0.15) is 5.69 Å². The molecule has 0 heterocycles. The number of halogens is 2. The van der Waals surface area contributed by atoms with Crippen molar-refractivity contribution in [3.63, 3.8) is 0 Å². The Kier molecular flexibility index (Phi) is 3.67. The summed E-state index contributed by atoms with van der Waals surface area (Å²) < 4.78 is 13.6. The highest BCUT2D eigenvalue weighted by Crippen LogP contribution is 2.36. The molecule has 0 aliphatic carbocycles. The number of aliphatic imine (C=N–C) groups is 2. The lowest BCUT2D eigenvalue weighted by atomic mass is 10.3. The van der Waals surface area contributed by atoms with E-state index in [1.54, 1.807) is 0 Å². The Bertz CT molecular complexity index is 470. The lowest BCUT2D eigenvalue weighted by Crippen LogP contribution is -2.26. The molecule has 7 N–H and O–H groups in total. The smallest absolute Gasteiger partial charge is 0.224 e. The van der Waals surface area contributed by atoms with E-state index in [1.165, 1.54) is 6.07 Å². The number of hydrogen-bond donors (Lipinski definition) is 4. The molecule has 1 aromatic rings. The van der Waals surface area contributed by atoms with E-state index in [1.807, 2.05) is 0 Å². The van der Waals surface area contributed by atoms with Crippen LogP contribution < -0.4 is 17.2 Å². The lowest BCUT2D eigenvalue weighted by Gasteiger charge is -2.03. The molecule has 86 valence electrons. The highest BCUT2D eigenvalue weighted by molar-refractivity contribution is 9.10. The number of hydrogen-bond acceptors (Lipinski definition) is 2. The molecule has 0 amide bonds. The van der Waals surface area contributed by atoms with Gasteiger partial charge in [-0.05, 0) is 28.1 Å². The van der Waals surface area contributed by atoms with Crippen molar-refractivity contribution < 1.29 is 9.50 Å². The van der Waals surface area contributed by atoms with Crippen molar-refractivity contribution in [2.75, 3.05) is 0 Å². The second kappa shape index (κ2) is 4.79. The van der Waals surface area contributed by atoms with E-state index in [-0.39, 0.29) is 27.8 Å². The van der Waals surface area contributed by atoms with E-state index < -0.39 is 5.82 Å². The number of rotatable bonds is 1. The van der Waals surface area contributed by atoms with Gasteiger partial charge in [0.25, 0.3) is 0 Å². The first-order valence-electron chi connectivity index (χ1n) is 4.02. The molecule has 8 heteroatoms. The van der Waals surface area contributed by atoms with Crippen molar-refractivity contribution in [3.8, 4) is 5.75 Å². The van der Waals surface area contributed by atoms with Gasteiger partial charge >= 0.3 is 0 Å². The second-order valence-electron chi connectivity index (χ2n) is 2.73. The summed E-state index contributed by atoms with van der Waals surface area (Å²) in [7, 11) is 0. The van der Waals surface area contributed by atoms with E-state index in [0.29, 0.717) is 0 Å². The number of nitrogens with zero attached hydrogens (tertiary/aromatic N) is 2. The standard InChI is InChI=1S/C8H9BrFN5O/c9-3-1-2-4(10)5(6(3)16)14-8(13)15-7(11)12/h1-2,16H,(H6,11,12,13,14,15). The van der Waals surface area contributed by atoms with Gasteiger partial charge in [0.05, 0.1) is 4.47 Å². The van der Waals surface area contributed by atoms with Crippen LogP contribution in [0.25, 0.3) is 0 Å². The van der Waals surface area contributed by atoms with Crippen molar-refractivity contribution in [1.82, 2.24) is 0 Å². The molecule has 0 aliphatic heterocycles. The van der Waals surface area contributed by atoms with Crippen molar-refractivity contribution >= 4 is 33.5 Å². The molecule has 0 bridgehead atoms. The summed E-state index contributed by atoms with van der Waals surface area (Å²) in [6.07, 6.45) is 0. The first-order chi connectivity index (χ1) is 7.41. The fraction of sp³-hybridized carbons (Fsp3) is 0. The summed E-state index contributed by atoms with van der Waals surface area (Å²) in [5, 5.41) is 9.50. The van der Waals surface area contributed by atoms with Gasteiger partial charge in [0.15, 0.2) is 17.5 Å². The Morgan fingerprint density at radius 3 is 2.50 bits per heavy atom. The van der Waals surface area contributed by atoms with Gasteiger partial charge in [-0.1, -0.05) is 0 Å². The zero-order valence-corrected chi connectivity index (χ0v) is 9.57. The summed E-state index contributed by atoms with van der Waals surface area (Å²) in [4.78, 5) is 6.94. The summed E-state index contributed by atoms with van der Waals surface area (Å²) in [5.74, 6) is -1.79. The number of phenolic OH excluding ortho intramolecular Hbond substituents is 1. The minimum absolute atomic E-state index is 0.283. The van der Waals surface area contributed by atoms with Crippen molar-refractivity contribution in [1.29, 1.82) is 0 Å². The zero-order chi connectivity index (χ0) is 12.3. The quantitative estimate of drug-likeness (QED) is 0.444. The average Bonchev–Trinajstić information content (AvgIpc) is 2.17. The monoisotopic (exact) mass is 289 g/mol. The van der Waals surface area contributed by atoms with Crippen LogP contribution in [0.15, 0.2) is 26.6 Å². The second-order valence-corrected chi connectivity index (χ2v) is 3.59. The van der Waals surface area contributed by atoms with Crippen LogP contribution in [-0.2, 0) is 0 Å². The molecule has 6 nitrogen and oxygen atoms in total. The molecule has 0 aromatic heterocycles. The molecule has 0 saturated carbocycles. The Balaban J connectivity index is 3.24. The Morgan fingerprint density at radius 1 is 1.31 bits per heavy atom. The topological polar surface area (TPSA) is 123 Å². The molecule has 16 heavy (non-hydrogen) atoms. The minimum atomic E-state index is -0.741. The lowest BCUT2D eigenvalue weighted by molar-refractivity contribution is 0.468. The van der Waals surface area contributed by atoms with Crippen LogP contribution in [0.2, 0.25) is 0 Å². The fourth-order valence-corrected chi connectivity index (χ4v) is 1.23. The van der Waals surface area contributed by atoms with E-state index in [0.717, 1.165) is 6.07 Å². The van der Waals surface area contributed by atoms with E-state index in [2.05, 4.69) is 25.9 Å². The predicted octanol–water partition coefficient (Wildman–Crippen LogP) is 0.513. The first-order valence-corrected chi connectivity index (χ1v) is 4.82. The molecule has 0 fully saturated rings. The third-order valence-electron chi connectivity index (χ3n) is 1.52. The van der Waals surface area contributed by atoms with E-state index in [9.17, 15) is 9.50 Å². The molecule has 0 unspecified atom stereocenters. The van der Waals surface area contributed by atoms with Crippen molar-refractivity contribution in [3.05, 3.63) is 22.4 Å². The average molecular weight is 290 g/mol. The van der Waals surface area contributed by atoms with Crippen molar-refractivity contribution in [2.45, 2.75) is 0 Å². The van der Waals surface area contributed by atoms with Crippen molar-refractivity contribution in [2.24, 2.45) is 27.2 Å². The first kappa shape index (κ1) is 12.2. The number of nitrogens with two attached hydrogens (primary N) is 3. The predicted molar refractivity (Wildman–Crippen MR) is 62.9 cm³/mol. The number of aromatic hydroxyl groups is 1. The van der Waals surface area contributed by atoms with Crippen LogP contribution in [-0.4, -0.2) is 17.0 Å².